The predicted molar refractivity (Wildman–Crippen MR) is 51.8 cm³/mol. The van der Waals surface area contributed by atoms with Crippen LogP contribution in [0.2, 0.25) is 0 Å². The molecule has 0 rings (SSSR count). The van der Waals surface area contributed by atoms with Crippen molar-refractivity contribution in [2.24, 2.45) is 11.8 Å². The van der Waals surface area contributed by atoms with E-state index in [4.69, 9.17) is 0 Å². The summed E-state index contributed by atoms with van der Waals surface area (Å²) in [6.45, 7) is 9.21. The average molecular weight is 157 g/mol. The molecule has 0 saturated carbocycles. The molecule has 3 atom stereocenters. The fraction of sp³-hybridized carbons (Fsp3) is 1.00. The van der Waals surface area contributed by atoms with Crippen LogP contribution in [0, 0.1) is 11.8 Å². The lowest BCUT2D eigenvalue weighted by Crippen LogP contribution is -2.25. The van der Waals surface area contributed by atoms with E-state index >= 15 is 0 Å². The van der Waals surface area contributed by atoms with Gasteiger partial charge in [-0.15, -0.1) is 0 Å². The van der Waals surface area contributed by atoms with E-state index in [2.05, 4.69) is 33.0 Å². The molecule has 0 saturated heterocycles. The van der Waals surface area contributed by atoms with Crippen LogP contribution in [0.5, 0.6) is 0 Å². The van der Waals surface area contributed by atoms with Crippen LogP contribution < -0.4 is 5.32 Å². The summed E-state index contributed by atoms with van der Waals surface area (Å²) in [5, 5.41) is 3.27. The van der Waals surface area contributed by atoms with Crippen LogP contribution in [0.4, 0.5) is 0 Å². The Hall–Kier alpha value is -0.0400. The average Bonchev–Trinajstić information content (AvgIpc) is 2.02. The molecule has 1 N–H and O–H groups in total. The normalized spacial score (nSPS) is 19.4. The molecule has 0 heterocycles. The smallest absolute Gasteiger partial charge is 0.00383 e. The molecule has 1 nitrogen and oxygen atoms in total. The molecule has 0 aliphatic rings. The zero-order chi connectivity index (χ0) is 8.85. The molecular formula is C10H23N. The second kappa shape index (κ2) is 5.59. The summed E-state index contributed by atoms with van der Waals surface area (Å²) < 4.78 is 0. The van der Waals surface area contributed by atoms with E-state index in [9.17, 15) is 0 Å². The second-order valence-electron chi connectivity index (χ2n) is 3.79. The standard InChI is InChI=1S/C10H23N/c1-6-8(2)9(3)7-10(4)11-5/h8-11H,6-7H2,1-5H3/t8-,9?,10+/m1/s1. The molecule has 0 aromatic rings. The van der Waals surface area contributed by atoms with Gasteiger partial charge in [0.1, 0.15) is 0 Å². The Kier molecular flexibility index (Phi) is 5.57. The molecule has 0 amide bonds. The monoisotopic (exact) mass is 157 g/mol. The second-order valence-corrected chi connectivity index (χ2v) is 3.79. The van der Waals surface area contributed by atoms with Gasteiger partial charge in [0.05, 0.1) is 0 Å². The quantitative estimate of drug-likeness (QED) is 0.647. The summed E-state index contributed by atoms with van der Waals surface area (Å²) in [5.74, 6) is 1.72. The van der Waals surface area contributed by atoms with Crippen LogP contribution in [-0.2, 0) is 0 Å². The molecule has 0 radical (unpaired) electrons. The van der Waals surface area contributed by atoms with Crippen molar-refractivity contribution in [2.75, 3.05) is 7.05 Å². The molecule has 1 heteroatoms. The Labute approximate surface area is 71.6 Å². The Bertz CT molecular complexity index is 90.9. The third-order valence-corrected chi connectivity index (χ3v) is 2.83. The molecule has 0 spiro atoms. The van der Waals surface area contributed by atoms with Gasteiger partial charge in [0.2, 0.25) is 0 Å². The van der Waals surface area contributed by atoms with Gasteiger partial charge in [-0.3, -0.25) is 0 Å². The summed E-state index contributed by atoms with van der Waals surface area (Å²) in [6, 6.07) is 0.666. The fourth-order valence-electron chi connectivity index (χ4n) is 1.31. The number of hydrogen-bond acceptors (Lipinski definition) is 1. The van der Waals surface area contributed by atoms with Crippen LogP contribution in [0.15, 0.2) is 0 Å². The van der Waals surface area contributed by atoms with E-state index in [0.29, 0.717) is 6.04 Å². The van der Waals surface area contributed by atoms with E-state index < -0.39 is 0 Å². The molecule has 1 unspecified atom stereocenters. The highest BCUT2D eigenvalue weighted by molar-refractivity contribution is 4.66. The maximum atomic E-state index is 3.27. The van der Waals surface area contributed by atoms with Gasteiger partial charge < -0.3 is 5.32 Å². The highest BCUT2D eigenvalue weighted by atomic mass is 14.8. The summed E-state index contributed by atoms with van der Waals surface area (Å²) in [6.07, 6.45) is 2.60. The van der Waals surface area contributed by atoms with E-state index in [1.165, 1.54) is 12.8 Å². The topological polar surface area (TPSA) is 12.0 Å². The van der Waals surface area contributed by atoms with Crippen LogP contribution >= 0.6 is 0 Å². The molecule has 0 aromatic carbocycles. The lowest BCUT2D eigenvalue weighted by atomic mass is 9.88. The van der Waals surface area contributed by atoms with Gasteiger partial charge in [-0.25, -0.2) is 0 Å². The van der Waals surface area contributed by atoms with E-state index in [1.807, 2.05) is 7.05 Å². The van der Waals surface area contributed by atoms with Gasteiger partial charge in [0.15, 0.2) is 0 Å². The van der Waals surface area contributed by atoms with Gasteiger partial charge >= 0.3 is 0 Å². The molecule has 11 heavy (non-hydrogen) atoms. The van der Waals surface area contributed by atoms with E-state index in [-0.39, 0.29) is 0 Å². The summed E-state index contributed by atoms with van der Waals surface area (Å²) in [5.41, 5.74) is 0. The number of rotatable bonds is 5. The molecular weight excluding hydrogens is 134 g/mol. The Balaban J connectivity index is 3.58. The van der Waals surface area contributed by atoms with Crippen molar-refractivity contribution >= 4 is 0 Å². The first-order chi connectivity index (χ1) is 5.11. The highest BCUT2D eigenvalue weighted by Gasteiger charge is 2.12. The van der Waals surface area contributed by atoms with Crippen molar-refractivity contribution < 1.29 is 0 Å². The third kappa shape index (κ3) is 4.41. The first kappa shape index (κ1) is 11.0. The van der Waals surface area contributed by atoms with Crippen molar-refractivity contribution in [3.05, 3.63) is 0 Å². The number of hydrogen-bond donors (Lipinski definition) is 1. The SMILES string of the molecule is CC[C@@H](C)C(C)C[C@H](C)NC. The Morgan fingerprint density at radius 1 is 1.09 bits per heavy atom. The largest absolute Gasteiger partial charge is 0.317 e. The Morgan fingerprint density at radius 2 is 1.64 bits per heavy atom. The van der Waals surface area contributed by atoms with Gasteiger partial charge in [0.25, 0.3) is 0 Å². The van der Waals surface area contributed by atoms with Gasteiger partial charge in [0, 0.05) is 6.04 Å². The molecule has 0 bridgehead atoms. The first-order valence-corrected chi connectivity index (χ1v) is 4.79. The van der Waals surface area contributed by atoms with Crippen molar-refractivity contribution in [1.82, 2.24) is 5.32 Å². The maximum absolute atomic E-state index is 3.27. The molecule has 68 valence electrons. The lowest BCUT2D eigenvalue weighted by molar-refractivity contribution is 0.322. The highest BCUT2D eigenvalue weighted by Crippen LogP contribution is 2.19. The molecule has 0 aliphatic carbocycles. The zero-order valence-electron chi connectivity index (χ0n) is 8.65. The molecule has 0 fully saturated rings. The Morgan fingerprint density at radius 3 is 2.00 bits per heavy atom. The third-order valence-electron chi connectivity index (χ3n) is 2.83. The first-order valence-electron chi connectivity index (χ1n) is 4.79. The number of nitrogens with one attached hydrogen (secondary N) is 1. The predicted octanol–water partition coefficient (Wildman–Crippen LogP) is 2.67. The van der Waals surface area contributed by atoms with E-state index in [1.54, 1.807) is 0 Å². The van der Waals surface area contributed by atoms with Crippen molar-refractivity contribution in [1.29, 1.82) is 0 Å². The van der Waals surface area contributed by atoms with Crippen LogP contribution in [-0.4, -0.2) is 13.1 Å². The van der Waals surface area contributed by atoms with Crippen molar-refractivity contribution in [2.45, 2.75) is 46.6 Å². The molecule has 0 aliphatic heterocycles. The minimum absolute atomic E-state index is 0.666. The van der Waals surface area contributed by atoms with Gasteiger partial charge in [-0.05, 0) is 32.2 Å². The van der Waals surface area contributed by atoms with Crippen LogP contribution in [0.3, 0.4) is 0 Å². The zero-order valence-corrected chi connectivity index (χ0v) is 8.65. The maximum Gasteiger partial charge on any atom is 0.00383 e. The van der Waals surface area contributed by atoms with Crippen molar-refractivity contribution in [3.8, 4) is 0 Å². The van der Waals surface area contributed by atoms with Crippen LogP contribution in [0.1, 0.15) is 40.5 Å². The van der Waals surface area contributed by atoms with Crippen LogP contribution in [0.25, 0.3) is 0 Å². The fourth-order valence-corrected chi connectivity index (χ4v) is 1.31. The summed E-state index contributed by atoms with van der Waals surface area (Å²) >= 11 is 0. The van der Waals surface area contributed by atoms with Crippen molar-refractivity contribution in [3.63, 3.8) is 0 Å². The van der Waals surface area contributed by atoms with Gasteiger partial charge in [-0.1, -0.05) is 27.2 Å². The molecule has 0 aromatic heterocycles. The summed E-state index contributed by atoms with van der Waals surface area (Å²) in [4.78, 5) is 0. The minimum atomic E-state index is 0.666. The summed E-state index contributed by atoms with van der Waals surface area (Å²) in [7, 11) is 2.04. The van der Waals surface area contributed by atoms with Gasteiger partial charge in [-0.2, -0.15) is 0 Å². The lowest BCUT2D eigenvalue weighted by Gasteiger charge is -2.21. The minimum Gasteiger partial charge on any atom is -0.317 e. The van der Waals surface area contributed by atoms with E-state index in [0.717, 1.165) is 11.8 Å².